The number of hydrogen-bond acceptors (Lipinski definition) is 10. The van der Waals surface area contributed by atoms with E-state index in [2.05, 4.69) is 59.8 Å². The number of carbonyl (C=O) groups excluding carboxylic acids is 1. The van der Waals surface area contributed by atoms with Crippen molar-refractivity contribution in [3.63, 3.8) is 0 Å². The first-order valence-corrected chi connectivity index (χ1v) is 19.3. The van der Waals surface area contributed by atoms with Crippen LogP contribution < -0.4 is 4.90 Å². The summed E-state index contributed by atoms with van der Waals surface area (Å²) in [6.45, 7) is 8.28. The number of rotatable bonds is 7. The first kappa shape index (κ1) is 34.6. The third kappa shape index (κ3) is 6.61. The van der Waals surface area contributed by atoms with E-state index in [1.165, 1.54) is 11.8 Å². The number of hydrogen-bond donors (Lipinski definition) is 1. The Morgan fingerprint density at radius 3 is 2.41 bits per heavy atom. The summed E-state index contributed by atoms with van der Waals surface area (Å²) in [4.78, 5) is 35.3. The molecule has 3 saturated heterocycles. The summed E-state index contributed by atoms with van der Waals surface area (Å²) < 4.78 is 10.0. The third-order valence-corrected chi connectivity index (χ3v) is 12.0. The number of aromatic nitrogens is 7. The number of carboxylic acids is 1. The predicted molar refractivity (Wildman–Crippen MR) is 202 cm³/mol. The maximum absolute atomic E-state index is 12.5. The Balaban J connectivity index is 0.878. The molecule has 0 unspecified atom stereocenters. The number of piperidine rings is 2. The molecule has 1 N–H and O–H groups in total. The second kappa shape index (κ2) is 14.6. The number of aromatic carboxylic acids is 1. The molecule has 1 amide bonds. The van der Waals surface area contributed by atoms with Crippen molar-refractivity contribution < 1.29 is 19.4 Å². The number of likely N-dealkylation sites (tertiary alicyclic amines) is 1. The summed E-state index contributed by atoms with van der Waals surface area (Å²) in [5.41, 5.74) is 6.28. The van der Waals surface area contributed by atoms with Crippen LogP contribution in [0, 0.1) is 0 Å². The Morgan fingerprint density at radius 2 is 1.67 bits per heavy atom. The van der Waals surface area contributed by atoms with Crippen LogP contribution in [0.25, 0.3) is 33.3 Å². The van der Waals surface area contributed by atoms with Crippen LogP contribution in [0.1, 0.15) is 79.3 Å². The SMILES string of the molecule is CC(=O)N1CCc2c(c(-c3cccc4cc(-c5cnn(C6CCN(C7CCN(c8ccc(C(=O)O)nn8)CC7)CC6)c5)ncc34)nn2C2CCOCC2)C1. The van der Waals surface area contributed by atoms with Gasteiger partial charge in [0.2, 0.25) is 5.91 Å². The van der Waals surface area contributed by atoms with Crippen LogP contribution in [0.3, 0.4) is 0 Å². The van der Waals surface area contributed by atoms with E-state index in [4.69, 9.17) is 25.0 Å². The van der Waals surface area contributed by atoms with Gasteiger partial charge in [-0.1, -0.05) is 18.2 Å². The molecule has 0 bridgehead atoms. The third-order valence-electron chi connectivity index (χ3n) is 12.0. The Morgan fingerprint density at radius 1 is 0.870 bits per heavy atom. The summed E-state index contributed by atoms with van der Waals surface area (Å²) in [6.07, 6.45) is 12.9. The molecule has 54 heavy (non-hydrogen) atoms. The lowest BCUT2D eigenvalue weighted by atomic mass is 9.96. The molecule has 3 fully saturated rings. The highest BCUT2D eigenvalue weighted by Crippen LogP contribution is 2.38. The predicted octanol–water partition coefficient (Wildman–Crippen LogP) is 5.01. The van der Waals surface area contributed by atoms with E-state index in [9.17, 15) is 9.59 Å². The number of ether oxygens (including phenoxy) is 1. The van der Waals surface area contributed by atoms with Crippen LogP contribution in [0.2, 0.25) is 0 Å². The normalized spacial score (nSPS) is 19.4. The van der Waals surface area contributed by atoms with Crippen molar-refractivity contribution in [3.8, 4) is 22.5 Å². The lowest BCUT2D eigenvalue weighted by Crippen LogP contribution is -2.48. The van der Waals surface area contributed by atoms with Gasteiger partial charge in [-0.2, -0.15) is 10.2 Å². The zero-order chi connectivity index (χ0) is 36.8. The Labute approximate surface area is 313 Å². The van der Waals surface area contributed by atoms with Gasteiger partial charge >= 0.3 is 5.97 Å². The van der Waals surface area contributed by atoms with E-state index in [0.717, 1.165) is 136 Å². The topological polar surface area (TPSA) is 148 Å². The van der Waals surface area contributed by atoms with Gasteiger partial charge in [0, 0.05) is 112 Å². The van der Waals surface area contributed by atoms with Gasteiger partial charge in [0.1, 0.15) is 0 Å². The summed E-state index contributed by atoms with van der Waals surface area (Å²) in [5.74, 6) is -0.222. The minimum absolute atomic E-state index is 0.0307. The summed E-state index contributed by atoms with van der Waals surface area (Å²) in [5, 5.41) is 29.4. The number of nitrogens with zero attached hydrogens (tertiary/aromatic N) is 10. The van der Waals surface area contributed by atoms with Crippen LogP contribution in [0.15, 0.2) is 55.0 Å². The minimum atomic E-state index is -1.06. The van der Waals surface area contributed by atoms with E-state index in [1.54, 1.807) is 13.0 Å². The molecule has 14 nitrogen and oxygen atoms in total. The molecule has 4 aliphatic heterocycles. The van der Waals surface area contributed by atoms with Crippen molar-refractivity contribution in [2.75, 3.05) is 50.8 Å². The monoisotopic (exact) mass is 730 g/mol. The van der Waals surface area contributed by atoms with Gasteiger partial charge in [-0.3, -0.25) is 19.1 Å². The molecular weight excluding hydrogens is 685 g/mol. The summed E-state index contributed by atoms with van der Waals surface area (Å²) in [6, 6.07) is 13.0. The zero-order valence-electron chi connectivity index (χ0n) is 30.7. The highest BCUT2D eigenvalue weighted by atomic mass is 16.5. The van der Waals surface area contributed by atoms with Gasteiger partial charge in [0.25, 0.3) is 0 Å². The highest BCUT2D eigenvalue weighted by Gasteiger charge is 2.32. The van der Waals surface area contributed by atoms with Crippen LogP contribution >= 0.6 is 0 Å². The van der Waals surface area contributed by atoms with Gasteiger partial charge in [0.05, 0.1) is 29.7 Å². The number of carbonyl (C=O) groups is 2. The Bertz CT molecular complexity index is 2160. The Kier molecular flexibility index (Phi) is 9.31. The van der Waals surface area contributed by atoms with Gasteiger partial charge in [-0.15, -0.1) is 10.2 Å². The van der Waals surface area contributed by atoms with E-state index >= 15 is 0 Å². The number of anilines is 1. The van der Waals surface area contributed by atoms with E-state index < -0.39 is 5.97 Å². The number of benzene rings is 1. The molecule has 4 aromatic heterocycles. The molecule has 14 heteroatoms. The number of fused-ring (bicyclic) bond motifs is 2. The van der Waals surface area contributed by atoms with Crippen molar-refractivity contribution in [3.05, 3.63) is 71.9 Å². The number of pyridine rings is 1. The molecule has 280 valence electrons. The molecule has 0 radical (unpaired) electrons. The average Bonchev–Trinajstić information content (AvgIpc) is 3.87. The zero-order valence-corrected chi connectivity index (χ0v) is 30.7. The molecule has 5 aromatic rings. The van der Waals surface area contributed by atoms with Crippen LogP contribution in [-0.2, 0) is 22.5 Å². The Hall–Kier alpha value is -5.21. The maximum Gasteiger partial charge on any atom is 0.356 e. The van der Waals surface area contributed by atoms with Crippen LogP contribution in [0.4, 0.5) is 5.82 Å². The van der Waals surface area contributed by atoms with Crippen molar-refractivity contribution >= 4 is 28.5 Å². The standard InChI is InChI=1S/C40H46N10O4/c1-26(51)48-18-11-37-34(25-48)39(45-50(37)31-12-19-54-20-13-31)32-4-2-3-27-21-36(41-23-33(27)32)28-22-42-49(24-28)30-9-14-46(15-10-30)29-7-16-47(17-8-29)38-6-5-35(40(52)53)43-44-38/h2-6,21-24,29-31H,7-20,25H2,1H3,(H,52,53). The number of carboxylic acid groups (broad SMARTS) is 1. The summed E-state index contributed by atoms with van der Waals surface area (Å²) >= 11 is 0. The smallest absolute Gasteiger partial charge is 0.356 e. The first-order chi connectivity index (χ1) is 26.4. The quantitative estimate of drug-likeness (QED) is 0.241. The second-order valence-electron chi connectivity index (χ2n) is 15.1. The average molecular weight is 731 g/mol. The molecule has 0 aliphatic carbocycles. The van der Waals surface area contributed by atoms with Crippen molar-refractivity contribution in [2.45, 2.75) is 76.5 Å². The molecule has 8 heterocycles. The van der Waals surface area contributed by atoms with E-state index in [0.29, 0.717) is 24.7 Å². The molecule has 1 aromatic carbocycles. The van der Waals surface area contributed by atoms with Crippen LogP contribution in [-0.4, -0.2) is 114 Å². The van der Waals surface area contributed by atoms with Crippen molar-refractivity contribution in [2.24, 2.45) is 0 Å². The number of amides is 1. The van der Waals surface area contributed by atoms with Crippen molar-refractivity contribution in [1.82, 2.24) is 44.5 Å². The lowest BCUT2D eigenvalue weighted by molar-refractivity contribution is -0.129. The lowest BCUT2D eigenvalue weighted by Gasteiger charge is -2.42. The fraction of sp³-hybridized carbons (Fsp3) is 0.475. The van der Waals surface area contributed by atoms with Gasteiger partial charge < -0.3 is 24.5 Å². The van der Waals surface area contributed by atoms with Gasteiger partial charge in [-0.25, -0.2) is 4.79 Å². The molecular formula is C40H46N10O4. The highest BCUT2D eigenvalue weighted by molar-refractivity contribution is 5.97. The summed E-state index contributed by atoms with van der Waals surface area (Å²) in [7, 11) is 0. The molecule has 4 aliphatic rings. The minimum Gasteiger partial charge on any atom is -0.476 e. The molecule has 0 spiro atoms. The van der Waals surface area contributed by atoms with Gasteiger partial charge in [0.15, 0.2) is 11.5 Å². The van der Waals surface area contributed by atoms with E-state index in [1.807, 2.05) is 17.3 Å². The molecule has 9 rings (SSSR count). The van der Waals surface area contributed by atoms with Crippen molar-refractivity contribution in [1.29, 1.82) is 0 Å². The molecule has 0 saturated carbocycles. The van der Waals surface area contributed by atoms with E-state index in [-0.39, 0.29) is 11.6 Å². The fourth-order valence-electron chi connectivity index (χ4n) is 8.95. The molecule has 0 atom stereocenters. The maximum atomic E-state index is 12.5. The fourth-order valence-corrected chi connectivity index (χ4v) is 8.95. The largest absolute Gasteiger partial charge is 0.476 e. The first-order valence-electron chi connectivity index (χ1n) is 19.3. The second-order valence-corrected chi connectivity index (χ2v) is 15.1. The van der Waals surface area contributed by atoms with Gasteiger partial charge in [-0.05, 0) is 62.1 Å². The van der Waals surface area contributed by atoms with Crippen LogP contribution in [0.5, 0.6) is 0 Å².